The van der Waals surface area contributed by atoms with Crippen molar-refractivity contribution in [3.63, 3.8) is 0 Å². The van der Waals surface area contributed by atoms with Gasteiger partial charge in [0.2, 0.25) is 0 Å². The minimum absolute atomic E-state index is 0.270. The van der Waals surface area contributed by atoms with Crippen LogP contribution in [0.15, 0.2) is 47.8 Å². The Labute approximate surface area is 145 Å². The molecule has 126 valence electrons. The van der Waals surface area contributed by atoms with Crippen molar-refractivity contribution in [2.75, 3.05) is 38.2 Å². The molecule has 2 aromatic rings. The highest BCUT2D eigenvalue weighted by atomic mass is 32.2. The predicted octanol–water partition coefficient (Wildman–Crippen LogP) is 2.66. The number of carbonyl (C=O) groups excluding carboxylic acids is 1. The molecule has 0 N–H and O–H groups in total. The molecule has 0 atom stereocenters. The van der Waals surface area contributed by atoms with Crippen LogP contribution in [0.1, 0.15) is 5.56 Å². The van der Waals surface area contributed by atoms with Crippen molar-refractivity contribution >= 4 is 23.7 Å². The minimum Gasteiger partial charge on any atom is -0.453 e. The molecule has 0 unspecified atom stereocenters. The average molecular weight is 344 g/mol. The lowest BCUT2D eigenvalue weighted by Crippen LogP contribution is -2.49. The van der Waals surface area contributed by atoms with Gasteiger partial charge in [-0.3, -0.25) is 4.98 Å². The predicted molar refractivity (Wildman–Crippen MR) is 94.2 cm³/mol. The molecule has 0 aliphatic carbocycles. The van der Waals surface area contributed by atoms with E-state index in [-0.39, 0.29) is 6.09 Å². The molecular weight excluding hydrogens is 324 g/mol. The summed E-state index contributed by atoms with van der Waals surface area (Å²) in [7, 11) is 1.41. The molecule has 1 amide bonds. The summed E-state index contributed by atoms with van der Waals surface area (Å²) in [5.41, 5.74) is 1.27. The van der Waals surface area contributed by atoms with Crippen LogP contribution in [0.4, 0.5) is 10.6 Å². The average Bonchev–Trinajstić information content (AvgIpc) is 2.67. The van der Waals surface area contributed by atoms with E-state index in [1.54, 1.807) is 29.1 Å². The lowest BCUT2D eigenvalue weighted by Gasteiger charge is -2.34. The molecule has 0 radical (unpaired) electrons. The molecular formula is C17H20N4O2S. The van der Waals surface area contributed by atoms with Crippen LogP contribution in [0.5, 0.6) is 0 Å². The highest BCUT2D eigenvalue weighted by Crippen LogP contribution is 2.22. The van der Waals surface area contributed by atoms with Gasteiger partial charge in [-0.15, -0.1) is 11.8 Å². The first-order valence-corrected chi connectivity index (χ1v) is 8.81. The summed E-state index contributed by atoms with van der Waals surface area (Å²) in [6.45, 7) is 2.73. The highest BCUT2D eigenvalue weighted by Gasteiger charge is 2.22. The number of benzene rings is 1. The van der Waals surface area contributed by atoms with E-state index in [2.05, 4.69) is 22.0 Å². The zero-order valence-electron chi connectivity index (χ0n) is 13.6. The zero-order chi connectivity index (χ0) is 16.8. The van der Waals surface area contributed by atoms with Crippen molar-refractivity contribution < 1.29 is 9.53 Å². The molecule has 0 saturated carbocycles. The third kappa shape index (κ3) is 4.17. The number of anilines is 1. The van der Waals surface area contributed by atoms with E-state index in [1.807, 2.05) is 18.2 Å². The SMILES string of the molecule is COC(=O)N1CCN(c2cncc(SCc3ccccc3)n2)CC1. The number of piperazine rings is 1. The molecule has 1 aromatic carbocycles. The summed E-state index contributed by atoms with van der Waals surface area (Å²) in [6, 6.07) is 10.3. The van der Waals surface area contributed by atoms with Gasteiger partial charge in [-0.05, 0) is 5.56 Å². The maximum absolute atomic E-state index is 11.5. The third-order valence-electron chi connectivity index (χ3n) is 3.87. The minimum atomic E-state index is -0.270. The van der Waals surface area contributed by atoms with Crippen LogP contribution in [0, 0.1) is 0 Å². The molecule has 0 spiro atoms. The Morgan fingerprint density at radius 1 is 1.17 bits per heavy atom. The van der Waals surface area contributed by atoms with E-state index in [4.69, 9.17) is 9.72 Å². The topological polar surface area (TPSA) is 58.6 Å². The van der Waals surface area contributed by atoms with E-state index in [0.717, 1.165) is 29.7 Å². The molecule has 2 heterocycles. The lowest BCUT2D eigenvalue weighted by molar-refractivity contribution is 0.121. The normalized spacial score (nSPS) is 14.5. The largest absolute Gasteiger partial charge is 0.453 e. The number of amides is 1. The van der Waals surface area contributed by atoms with E-state index < -0.39 is 0 Å². The number of methoxy groups -OCH3 is 1. The molecule has 0 bridgehead atoms. The molecule has 1 saturated heterocycles. The molecule has 1 aliphatic rings. The van der Waals surface area contributed by atoms with Gasteiger partial charge < -0.3 is 14.5 Å². The Morgan fingerprint density at radius 3 is 2.62 bits per heavy atom. The number of hydrogen-bond acceptors (Lipinski definition) is 6. The second-order valence-corrected chi connectivity index (χ2v) is 6.43. The fourth-order valence-electron chi connectivity index (χ4n) is 2.54. The Bertz CT molecular complexity index is 675. The van der Waals surface area contributed by atoms with Crippen LogP contribution in [0.25, 0.3) is 0 Å². The van der Waals surface area contributed by atoms with Crippen LogP contribution in [0.3, 0.4) is 0 Å². The van der Waals surface area contributed by atoms with Crippen molar-refractivity contribution in [2.45, 2.75) is 10.8 Å². The summed E-state index contributed by atoms with van der Waals surface area (Å²) in [6.07, 6.45) is 3.30. The second kappa shape index (κ2) is 8.01. The van der Waals surface area contributed by atoms with Crippen molar-refractivity contribution in [1.29, 1.82) is 0 Å². The van der Waals surface area contributed by atoms with Crippen LogP contribution >= 0.6 is 11.8 Å². The van der Waals surface area contributed by atoms with Crippen LogP contribution < -0.4 is 4.90 Å². The van der Waals surface area contributed by atoms with Gasteiger partial charge in [0, 0.05) is 31.9 Å². The number of thioether (sulfide) groups is 1. The van der Waals surface area contributed by atoms with Gasteiger partial charge >= 0.3 is 6.09 Å². The van der Waals surface area contributed by atoms with Gasteiger partial charge in [0.1, 0.15) is 10.8 Å². The molecule has 1 fully saturated rings. The van der Waals surface area contributed by atoms with Gasteiger partial charge in [-0.25, -0.2) is 9.78 Å². The van der Waals surface area contributed by atoms with Crippen molar-refractivity contribution in [1.82, 2.24) is 14.9 Å². The first-order chi connectivity index (χ1) is 11.8. The molecule has 7 heteroatoms. The van der Waals surface area contributed by atoms with Gasteiger partial charge in [0.15, 0.2) is 0 Å². The third-order valence-corrected chi connectivity index (χ3v) is 4.84. The van der Waals surface area contributed by atoms with E-state index in [1.165, 1.54) is 12.7 Å². The van der Waals surface area contributed by atoms with Crippen LogP contribution in [-0.2, 0) is 10.5 Å². The van der Waals surface area contributed by atoms with Crippen molar-refractivity contribution in [3.05, 3.63) is 48.3 Å². The van der Waals surface area contributed by atoms with E-state index >= 15 is 0 Å². The number of carbonyl (C=O) groups is 1. The summed E-state index contributed by atoms with van der Waals surface area (Å²) in [4.78, 5) is 24.4. The first-order valence-electron chi connectivity index (χ1n) is 7.83. The number of hydrogen-bond donors (Lipinski definition) is 0. The number of ether oxygens (including phenoxy) is 1. The maximum Gasteiger partial charge on any atom is 0.409 e. The number of nitrogens with zero attached hydrogens (tertiary/aromatic N) is 4. The van der Waals surface area contributed by atoms with Gasteiger partial charge in [-0.1, -0.05) is 30.3 Å². The second-order valence-electron chi connectivity index (χ2n) is 5.43. The van der Waals surface area contributed by atoms with Crippen molar-refractivity contribution in [2.24, 2.45) is 0 Å². The highest BCUT2D eigenvalue weighted by molar-refractivity contribution is 7.98. The lowest BCUT2D eigenvalue weighted by atomic mass is 10.2. The molecule has 24 heavy (non-hydrogen) atoms. The summed E-state index contributed by atoms with van der Waals surface area (Å²) in [5.74, 6) is 1.73. The summed E-state index contributed by atoms with van der Waals surface area (Å²) >= 11 is 1.68. The first kappa shape index (κ1) is 16.6. The number of rotatable bonds is 4. The zero-order valence-corrected chi connectivity index (χ0v) is 14.4. The Balaban J connectivity index is 1.58. The smallest absolute Gasteiger partial charge is 0.409 e. The Morgan fingerprint density at radius 2 is 1.92 bits per heavy atom. The Hall–Kier alpha value is -2.28. The van der Waals surface area contributed by atoms with E-state index in [9.17, 15) is 4.79 Å². The Kier molecular flexibility index (Phi) is 5.53. The quantitative estimate of drug-likeness (QED) is 0.795. The maximum atomic E-state index is 11.5. The standard InChI is InChI=1S/C17H20N4O2S/c1-23-17(22)21-9-7-20(8-10-21)15-11-18-12-16(19-15)24-13-14-5-3-2-4-6-14/h2-6,11-12H,7-10,13H2,1H3. The summed E-state index contributed by atoms with van der Waals surface area (Å²) in [5, 5.41) is 0.909. The molecule has 3 rings (SSSR count). The van der Waals surface area contributed by atoms with Crippen LogP contribution in [-0.4, -0.2) is 54.2 Å². The van der Waals surface area contributed by atoms with Crippen molar-refractivity contribution in [3.8, 4) is 0 Å². The number of aromatic nitrogens is 2. The van der Waals surface area contributed by atoms with E-state index in [0.29, 0.717) is 13.1 Å². The monoisotopic (exact) mass is 344 g/mol. The summed E-state index contributed by atoms with van der Waals surface area (Å²) < 4.78 is 4.76. The van der Waals surface area contributed by atoms with Gasteiger partial charge in [0.05, 0.1) is 19.5 Å². The molecule has 1 aliphatic heterocycles. The molecule has 6 nitrogen and oxygen atoms in total. The van der Waals surface area contributed by atoms with Gasteiger partial charge in [-0.2, -0.15) is 0 Å². The van der Waals surface area contributed by atoms with Crippen LogP contribution in [0.2, 0.25) is 0 Å². The fraction of sp³-hybridized carbons (Fsp3) is 0.353. The fourth-order valence-corrected chi connectivity index (χ4v) is 3.34. The molecule has 1 aromatic heterocycles. The van der Waals surface area contributed by atoms with Gasteiger partial charge in [0.25, 0.3) is 0 Å².